The molecule has 3 rings (SSSR count). The number of H-pyrrole nitrogens is 1. The molecule has 26 heavy (non-hydrogen) atoms. The first-order valence-electron chi connectivity index (χ1n) is 9.43. The Labute approximate surface area is 161 Å². The smallest absolute Gasteiger partial charge is 0.0497 e. The zero-order chi connectivity index (χ0) is 18.9. The first-order valence-corrected chi connectivity index (χ1v) is 9.80. The van der Waals surface area contributed by atoms with Crippen LogP contribution in [0.3, 0.4) is 0 Å². The highest BCUT2D eigenvalue weighted by molar-refractivity contribution is 6.31. The van der Waals surface area contributed by atoms with Crippen molar-refractivity contribution in [2.45, 2.75) is 52.4 Å². The Bertz CT molecular complexity index is 899. The van der Waals surface area contributed by atoms with Crippen LogP contribution in [0.5, 0.6) is 0 Å². The van der Waals surface area contributed by atoms with Gasteiger partial charge in [-0.05, 0) is 72.5 Å². The molecule has 0 atom stereocenters. The van der Waals surface area contributed by atoms with E-state index >= 15 is 0 Å². The molecule has 3 aromatic rings. The lowest BCUT2D eigenvalue weighted by molar-refractivity contribution is 0.590. The van der Waals surface area contributed by atoms with Gasteiger partial charge in [-0.1, -0.05) is 56.6 Å². The Morgan fingerprint density at radius 2 is 1.73 bits per heavy atom. The average molecular weight is 369 g/mol. The standard InChI is InChI=1S/C23H29ClN2/c1-15-13-18(24)14-20-19(7-5-6-12-25)22(26-21(15)20)16-8-10-17(11-9-16)23(2,3)4/h8-11,13-14,26H,5-7,12,25H2,1-4H3. The first kappa shape index (κ1) is 19.0. The number of aromatic nitrogens is 1. The zero-order valence-electron chi connectivity index (χ0n) is 16.2. The third kappa shape index (κ3) is 3.82. The van der Waals surface area contributed by atoms with Crippen LogP contribution in [0, 0.1) is 6.92 Å². The van der Waals surface area contributed by atoms with Crippen LogP contribution in [-0.2, 0) is 11.8 Å². The van der Waals surface area contributed by atoms with Crippen molar-refractivity contribution in [1.82, 2.24) is 4.98 Å². The van der Waals surface area contributed by atoms with E-state index in [1.165, 1.54) is 38.9 Å². The van der Waals surface area contributed by atoms with E-state index < -0.39 is 0 Å². The van der Waals surface area contributed by atoms with Crippen LogP contribution in [0.25, 0.3) is 22.2 Å². The van der Waals surface area contributed by atoms with Crippen molar-refractivity contribution in [2.24, 2.45) is 5.73 Å². The lowest BCUT2D eigenvalue weighted by Crippen LogP contribution is -2.10. The Morgan fingerprint density at radius 3 is 2.35 bits per heavy atom. The highest BCUT2D eigenvalue weighted by Gasteiger charge is 2.17. The number of hydrogen-bond acceptors (Lipinski definition) is 1. The minimum Gasteiger partial charge on any atom is -0.354 e. The van der Waals surface area contributed by atoms with Gasteiger partial charge in [0.2, 0.25) is 0 Å². The van der Waals surface area contributed by atoms with Crippen LogP contribution < -0.4 is 5.73 Å². The number of aryl methyl sites for hydroxylation is 2. The maximum atomic E-state index is 6.35. The van der Waals surface area contributed by atoms with Crippen LogP contribution in [0.1, 0.15) is 50.3 Å². The van der Waals surface area contributed by atoms with Gasteiger partial charge in [0.1, 0.15) is 0 Å². The molecule has 0 saturated heterocycles. The van der Waals surface area contributed by atoms with Crippen molar-refractivity contribution in [3.05, 3.63) is 58.1 Å². The highest BCUT2D eigenvalue weighted by atomic mass is 35.5. The summed E-state index contributed by atoms with van der Waals surface area (Å²) in [6, 6.07) is 13.1. The lowest BCUT2D eigenvalue weighted by atomic mass is 9.86. The van der Waals surface area contributed by atoms with Crippen molar-refractivity contribution in [3.8, 4) is 11.3 Å². The molecule has 3 heteroatoms. The minimum absolute atomic E-state index is 0.160. The van der Waals surface area contributed by atoms with Gasteiger partial charge in [-0.2, -0.15) is 0 Å². The summed E-state index contributed by atoms with van der Waals surface area (Å²) in [4.78, 5) is 3.67. The SMILES string of the molecule is Cc1cc(Cl)cc2c(CCCCN)c(-c3ccc(C(C)(C)C)cc3)[nH]c12. The number of nitrogens with one attached hydrogen (secondary N) is 1. The fourth-order valence-corrected chi connectivity index (χ4v) is 3.84. The van der Waals surface area contributed by atoms with Gasteiger partial charge in [-0.15, -0.1) is 0 Å². The fourth-order valence-electron chi connectivity index (χ4n) is 3.57. The minimum atomic E-state index is 0.160. The van der Waals surface area contributed by atoms with Crippen molar-refractivity contribution >= 4 is 22.5 Å². The monoisotopic (exact) mass is 368 g/mol. The summed E-state index contributed by atoms with van der Waals surface area (Å²) in [6.07, 6.45) is 3.13. The largest absolute Gasteiger partial charge is 0.354 e. The molecule has 0 amide bonds. The van der Waals surface area contributed by atoms with Crippen molar-refractivity contribution in [1.29, 1.82) is 0 Å². The first-order chi connectivity index (χ1) is 12.3. The van der Waals surface area contributed by atoms with E-state index in [0.717, 1.165) is 30.8 Å². The predicted octanol–water partition coefficient (Wildman–Crippen LogP) is 6.38. The molecule has 0 unspecified atom stereocenters. The second-order valence-corrected chi connectivity index (χ2v) is 8.63. The molecule has 138 valence electrons. The highest BCUT2D eigenvalue weighted by Crippen LogP contribution is 2.35. The molecule has 0 aliphatic carbocycles. The molecule has 3 N–H and O–H groups in total. The van der Waals surface area contributed by atoms with Gasteiger partial charge in [0.25, 0.3) is 0 Å². The molecule has 1 aromatic heterocycles. The summed E-state index contributed by atoms with van der Waals surface area (Å²) in [5.41, 5.74) is 13.4. The zero-order valence-corrected chi connectivity index (χ0v) is 17.0. The van der Waals surface area contributed by atoms with E-state index in [0.29, 0.717) is 0 Å². The third-order valence-electron chi connectivity index (χ3n) is 5.10. The van der Waals surface area contributed by atoms with Crippen molar-refractivity contribution in [3.63, 3.8) is 0 Å². The number of aromatic amines is 1. The van der Waals surface area contributed by atoms with E-state index in [1.54, 1.807) is 0 Å². The summed E-state index contributed by atoms with van der Waals surface area (Å²) in [5.74, 6) is 0. The molecule has 0 bridgehead atoms. The summed E-state index contributed by atoms with van der Waals surface area (Å²) in [7, 11) is 0. The molecule has 0 saturated carbocycles. The molecule has 2 nitrogen and oxygen atoms in total. The second kappa shape index (κ2) is 7.46. The molecule has 0 radical (unpaired) electrons. The maximum absolute atomic E-state index is 6.35. The number of nitrogens with two attached hydrogens (primary N) is 1. The summed E-state index contributed by atoms with van der Waals surface area (Å²) >= 11 is 6.35. The van der Waals surface area contributed by atoms with Gasteiger partial charge in [-0.25, -0.2) is 0 Å². The number of fused-ring (bicyclic) bond motifs is 1. The van der Waals surface area contributed by atoms with E-state index in [4.69, 9.17) is 17.3 Å². The molecule has 1 heterocycles. The van der Waals surface area contributed by atoms with Crippen LogP contribution in [0.2, 0.25) is 5.02 Å². The van der Waals surface area contributed by atoms with Gasteiger partial charge in [0.15, 0.2) is 0 Å². The number of benzene rings is 2. The number of hydrogen-bond donors (Lipinski definition) is 2. The van der Waals surface area contributed by atoms with Gasteiger partial charge in [0, 0.05) is 21.6 Å². The van der Waals surface area contributed by atoms with Gasteiger partial charge in [0.05, 0.1) is 0 Å². The summed E-state index contributed by atoms with van der Waals surface area (Å²) in [5, 5.41) is 2.03. The van der Waals surface area contributed by atoms with Gasteiger partial charge in [-0.3, -0.25) is 0 Å². The van der Waals surface area contributed by atoms with E-state index in [1.807, 2.05) is 6.07 Å². The number of halogens is 1. The number of rotatable bonds is 5. The lowest BCUT2D eigenvalue weighted by Gasteiger charge is -2.19. The molecule has 0 spiro atoms. The van der Waals surface area contributed by atoms with Crippen LogP contribution in [0.4, 0.5) is 0 Å². The van der Waals surface area contributed by atoms with E-state index in [9.17, 15) is 0 Å². The Balaban J connectivity index is 2.11. The Kier molecular flexibility index (Phi) is 5.45. The fraction of sp³-hybridized carbons (Fsp3) is 0.391. The quantitative estimate of drug-likeness (QED) is 0.504. The van der Waals surface area contributed by atoms with Crippen LogP contribution >= 0.6 is 11.6 Å². The molecular weight excluding hydrogens is 340 g/mol. The normalized spacial score (nSPS) is 12.1. The second-order valence-electron chi connectivity index (χ2n) is 8.20. The third-order valence-corrected chi connectivity index (χ3v) is 5.32. The van der Waals surface area contributed by atoms with Crippen LogP contribution in [0.15, 0.2) is 36.4 Å². The van der Waals surface area contributed by atoms with E-state index in [-0.39, 0.29) is 5.41 Å². The molecule has 0 aliphatic heterocycles. The van der Waals surface area contributed by atoms with Gasteiger partial charge < -0.3 is 10.7 Å². The van der Waals surface area contributed by atoms with Crippen LogP contribution in [-0.4, -0.2) is 11.5 Å². The predicted molar refractivity (Wildman–Crippen MR) is 114 cm³/mol. The summed E-state index contributed by atoms with van der Waals surface area (Å²) in [6.45, 7) is 9.58. The summed E-state index contributed by atoms with van der Waals surface area (Å²) < 4.78 is 0. The van der Waals surface area contributed by atoms with E-state index in [2.05, 4.69) is 63.0 Å². The Hall–Kier alpha value is -1.77. The van der Waals surface area contributed by atoms with Gasteiger partial charge >= 0.3 is 0 Å². The van der Waals surface area contributed by atoms with Crippen molar-refractivity contribution in [2.75, 3.05) is 6.54 Å². The Morgan fingerprint density at radius 1 is 1.04 bits per heavy atom. The van der Waals surface area contributed by atoms with Crippen molar-refractivity contribution < 1.29 is 0 Å². The molecule has 2 aromatic carbocycles. The molecule has 0 fully saturated rings. The molecular formula is C23H29ClN2. The average Bonchev–Trinajstić information content (AvgIpc) is 2.93. The topological polar surface area (TPSA) is 41.8 Å². The molecule has 0 aliphatic rings. The number of unbranched alkanes of at least 4 members (excludes halogenated alkanes) is 1. The maximum Gasteiger partial charge on any atom is 0.0497 e.